The van der Waals surface area contributed by atoms with E-state index in [2.05, 4.69) is 45.8 Å². The molecular formula is C29H38F2N6O. The first-order chi connectivity index (χ1) is 18.2. The lowest BCUT2D eigenvalue weighted by Gasteiger charge is -2.48. The molecule has 7 nitrogen and oxygen atoms in total. The van der Waals surface area contributed by atoms with Crippen molar-refractivity contribution in [2.24, 2.45) is 10.7 Å². The van der Waals surface area contributed by atoms with Crippen LogP contribution in [0, 0.1) is 18.6 Å². The van der Waals surface area contributed by atoms with Crippen LogP contribution < -0.4 is 10.6 Å². The Kier molecular flexibility index (Phi) is 8.66. The zero-order chi connectivity index (χ0) is 27.4. The van der Waals surface area contributed by atoms with Gasteiger partial charge in [0.1, 0.15) is 5.69 Å². The van der Waals surface area contributed by atoms with Crippen molar-refractivity contribution in [1.82, 2.24) is 14.8 Å². The molecular weight excluding hydrogens is 486 g/mol. The Morgan fingerprint density at radius 3 is 2.45 bits per heavy atom. The summed E-state index contributed by atoms with van der Waals surface area (Å²) in [5.74, 6) is -1.24. The van der Waals surface area contributed by atoms with E-state index in [1.807, 2.05) is 13.0 Å². The summed E-state index contributed by atoms with van der Waals surface area (Å²) in [6.45, 7) is 16.5. The molecule has 2 aromatic rings. The number of hydrogen-bond donors (Lipinski definition) is 1. The highest BCUT2D eigenvalue weighted by Crippen LogP contribution is 2.30. The molecule has 2 fully saturated rings. The molecule has 4 rings (SSSR count). The highest BCUT2D eigenvalue weighted by molar-refractivity contribution is 5.93. The fourth-order valence-corrected chi connectivity index (χ4v) is 5.60. The first kappa shape index (κ1) is 27.6. The number of hydrogen-bond acceptors (Lipinski definition) is 7. The summed E-state index contributed by atoms with van der Waals surface area (Å²) < 4.78 is 32.5. The molecule has 0 aliphatic carbocycles. The second kappa shape index (κ2) is 11.9. The number of aliphatic imine (C=N–C) groups is 1. The Bertz CT molecular complexity index is 1210. The third-order valence-electron chi connectivity index (χ3n) is 7.62. The van der Waals surface area contributed by atoms with Crippen LogP contribution in [0.25, 0.3) is 5.70 Å². The van der Waals surface area contributed by atoms with Gasteiger partial charge in [0.2, 0.25) is 5.90 Å². The normalized spacial score (nSPS) is 19.5. The molecule has 1 aromatic heterocycles. The summed E-state index contributed by atoms with van der Waals surface area (Å²) in [4.78, 5) is 16.1. The zero-order valence-electron chi connectivity index (χ0n) is 22.6. The topological polar surface area (TPSA) is 70.2 Å². The summed E-state index contributed by atoms with van der Waals surface area (Å²) in [6.07, 6.45) is 3.09. The van der Waals surface area contributed by atoms with Gasteiger partial charge in [-0.1, -0.05) is 13.5 Å². The molecule has 1 aromatic carbocycles. The summed E-state index contributed by atoms with van der Waals surface area (Å²) in [5.41, 5.74) is 9.63. The van der Waals surface area contributed by atoms with E-state index in [1.165, 1.54) is 12.1 Å². The Morgan fingerprint density at radius 2 is 1.84 bits per heavy atom. The molecule has 2 aliphatic rings. The predicted octanol–water partition coefficient (Wildman–Crippen LogP) is 4.53. The number of piperazine rings is 1. The monoisotopic (exact) mass is 524 g/mol. The smallest absolute Gasteiger partial charge is 0.242 e. The van der Waals surface area contributed by atoms with Crippen LogP contribution in [0.15, 0.2) is 54.4 Å². The van der Waals surface area contributed by atoms with Gasteiger partial charge in [0.25, 0.3) is 0 Å². The minimum absolute atomic E-state index is 0.0792. The Balaban J connectivity index is 1.37. The average Bonchev–Trinajstić information content (AvgIpc) is 2.92. The number of benzene rings is 1. The number of aryl methyl sites for hydroxylation is 1. The van der Waals surface area contributed by atoms with Gasteiger partial charge in [0, 0.05) is 63.1 Å². The molecule has 0 spiro atoms. The molecule has 2 aliphatic heterocycles. The lowest BCUT2D eigenvalue weighted by Crippen LogP contribution is -2.58. The second-order valence-electron chi connectivity index (χ2n) is 9.94. The van der Waals surface area contributed by atoms with Crippen molar-refractivity contribution in [3.8, 4) is 0 Å². The van der Waals surface area contributed by atoms with Gasteiger partial charge in [0.15, 0.2) is 17.5 Å². The highest BCUT2D eigenvalue weighted by Gasteiger charge is 2.34. The zero-order valence-corrected chi connectivity index (χ0v) is 22.6. The Morgan fingerprint density at radius 1 is 1.11 bits per heavy atom. The maximum atomic E-state index is 13.7. The fourth-order valence-electron chi connectivity index (χ4n) is 5.60. The van der Waals surface area contributed by atoms with Crippen molar-refractivity contribution in [1.29, 1.82) is 0 Å². The van der Waals surface area contributed by atoms with Gasteiger partial charge in [-0.3, -0.25) is 9.89 Å². The van der Waals surface area contributed by atoms with Gasteiger partial charge in [-0.25, -0.2) is 13.8 Å². The third-order valence-corrected chi connectivity index (χ3v) is 7.62. The molecule has 38 heavy (non-hydrogen) atoms. The van der Waals surface area contributed by atoms with Gasteiger partial charge in [-0.05, 0) is 63.1 Å². The van der Waals surface area contributed by atoms with Crippen LogP contribution in [0.5, 0.6) is 0 Å². The lowest BCUT2D eigenvalue weighted by atomic mass is 9.97. The first-order valence-corrected chi connectivity index (χ1v) is 13.2. The molecule has 2 saturated heterocycles. The van der Waals surface area contributed by atoms with Gasteiger partial charge in [-0.15, -0.1) is 0 Å². The second-order valence-corrected chi connectivity index (χ2v) is 9.94. The molecule has 0 bridgehead atoms. The van der Waals surface area contributed by atoms with Crippen molar-refractivity contribution in [2.75, 3.05) is 44.7 Å². The molecule has 1 atom stereocenters. The molecule has 0 saturated carbocycles. The highest BCUT2D eigenvalue weighted by atomic mass is 19.2. The van der Waals surface area contributed by atoms with Crippen LogP contribution in [0.3, 0.4) is 0 Å². The van der Waals surface area contributed by atoms with Gasteiger partial charge in [0.05, 0.1) is 11.4 Å². The third kappa shape index (κ3) is 5.99. The predicted molar refractivity (Wildman–Crippen MR) is 149 cm³/mol. The Labute approximate surface area is 224 Å². The standard InChI is InChI=1S/C29H38F2N6O/c1-6-23-18-36(28-10-9-27(34-19(28)2)29(33-5)38-21(4)32)15-16-37(23)24-11-13-35(14-12-24)20(3)22-7-8-25(30)26(31)17-22/h7-10,17,23-24H,3-4,6,11-16,18,32H2,1-2,5H3/t23-/m0/s1. The van der Waals surface area contributed by atoms with Gasteiger partial charge < -0.3 is 20.3 Å². The van der Waals surface area contributed by atoms with Gasteiger partial charge >= 0.3 is 0 Å². The number of anilines is 1. The summed E-state index contributed by atoms with van der Waals surface area (Å²) >= 11 is 0. The van der Waals surface area contributed by atoms with Crippen LogP contribution >= 0.6 is 0 Å². The molecule has 204 valence electrons. The van der Waals surface area contributed by atoms with Crippen molar-refractivity contribution in [2.45, 2.75) is 45.2 Å². The van der Waals surface area contributed by atoms with E-state index in [-0.39, 0.29) is 5.88 Å². The SMILES string of the molecule is C=C(N)OC(=NC)c1ccc(N2CCN(C3CCN(C(=C)c4ccc(F)c(F)c4)CC3)[C@@H](CC)C2)c(C)n1. The van der Waals surface area contributed by atoms with E-state index < -0.39 is 11.6 Å². The van der Waals surface area contributed by atoms with E-state index >= 15 is 0 Å². The molecule has 2 N–H and O–H groups in total. The van der Waals surface area contributed by atoms with Crippen LogP contribution in [-0.2, 0) is 4.74 Å². The van der Waals surface area contributed by atoms with E-state index in [4.69, 9.17) is 15.5 Å². The van der Waals surface area contributed by atoms with Crippen LogP contribution in [-0.4, -0.2) is 72.5 Å². The summed E-state index contributed by atoms with van der Waals surface area (Å²) in [5, 5.41) is 0. The maximum absolute atomic E-state index is 13.7. The number of piperidine rings is 1. The molecule has 9 heteroatoms. The first-order valence-electron chi connectivity index (χ1n) is 13.2. The number of pyridine rings is 1. The number of nitrogens with two attached hydrogens (primary N) is 1. The molecule has 0 amide bonds. The number of ether oxygens (including phenoxy) is 1. The summed E-state index contributed by atoms with van der Waals surface area (Å²) in [7, 11) is 1.64. The van der Waals surface area contributed by atoms with Crippen molar-refractivity contribution >= 4 is 17.3 Å². The Hall–Kier alpha value is -3.46. The quantitative estimate of drug-likeness (QED) is 0.326. The molecule has 3 heterocycles. The van der Waals surface area contributed by atoms with E-state index in [0.29, 0.717) is 29.2 Å². The van der Waals surface area contributed by atoms with E-state index in [9.17, 15) is 8.78 Å². The van der Waals surface area contributed by atoms with Crippen molar-refractivity contribution < 1.29 is 13.5 Å². The number of rotatable bonds is 7. The molecule has 0 unspecified atom stereocenters. The van der Waals surface area contributed by atoms with Crippen LogP contribution in [0.4, 0.5) is 14.5 Å². The van der Waals surface area contributed by atoms with Crippen molar-refractivity contribution in [3.63, 3.8) is 0 Å². The molecule has 0 radical (unpaired) electrons. The van der Waals surface area contributed by atoms with E-state index in [1.54, 1.807) is 13.1 Å². The van der Waals surface area contributed by atoms with Crippen LogP contribution in [0.1, 0.15) is 43.1 Å². The summed E-state index contributed by atoms with van der Waals surface area (Å²) in [6, 6.07) is 8.91. The van der Waals surface area contributed by atoms with Gasteiger partial charge in [-0.2, -0.15) is 0 Å². The van der Waals surface area contributed by atoms with Crippen LogP contribution in [0.2, 0.25) is 0 Å². The minimum atomic E-state index is -0.837. The number of halogens is 2. The van der Waals surface area contributed by atoms with E-state index in [0.717, 1.165) is 69.1 Å². The number of likely N-dealkylation sites (tertiary alicyclic amines) is 1. The minimum Gasteiger partial charge on any atom is -0.422 e. The average molecular weight is 525 g/mol. The fraction of sp³-hybridized carbons (Fsp3) is 0.448. The largest absolute Gasteiger partial charge is 0.422 e. The maximum Gasteiger partial charge on any atom is 0.242 e. The van der Waals surface area contributed by atoms with Crippen molar-refractivity contribution in [3.05, 3.63) is 78.0 Å². The number of aromatic nitrogens is 1. The lowest BCUT2D eigenvalue weighted by molar-refractivity contribution is 0.0768. The number of nitrogens with zero attached hydrogens (tertiary/aromatic N) is 5.